The van der Waals surface area contributed by atoms with Crippen molar-refractivity contribution in [1.29, 1.82) is 0 Å². The Bertz CT molecular complexity index is 933. The summed E-state index contributed by atoms with van der Waals surface area (Å²) >= 11 is -0.732. The molecule has 3 aliphatic carbocycles. The van der Waals surface area contributed by atoms with E-state index in [2.05, 4.69) is 76.2 Å². The van der Waals surface area contributed by atoms with E-state index in [-0.39, 0.29) is 24.8 Å². The molecule has 0 aliphatic heterocycles. The Labute approximate surface area is 193 Å². The van der Waals surface area contributed by atoms with Crippen LogP contribution in [0.25, 0.3) is 11.1 Å². The van der Waals surface area contributed by atoms with Gasteiger partial charge in [0, 0.05) is 0 Å². The molecule has 3 heteroatoms. The minimum atomic E-state index is -0.732. The van der Waals surface area contributed by atoms with Crippen molar-refractivity contribution in [2.45, 2.75) is 44.2 Å². The molecule has 144 valence electrons. The van der Waals surface area contributed by atoms with Crippen LogP contribution in [-0.4, -0.2) is 0 Å². The topological polar surface area (TPSA) is 0 Å². The van der Waals surface area contributed by atoms with Crippen molar-refractivity contribution >= 4 is 0 Å². The summed E-state index contributed by atoms with van der Waals surface area (Å²) in [5, 5.41) is 0. The quantitative estimate of drug-likeness (QED) is 0.589. The molecule has 0 nitrogen and oxygen atoms in total. The predicted molar refractivity (Wildman–Crippen MR) is 106 cm³/mol. The summed E-state index contributed by atoms with van der Waals surface area (Å²) in [5.74, 6) is 0.722. The van der Waals surface area contributed by atoms with Crippen LogP contribution in [0.4, 0.5) is 0 Å². The van der Waals surface area contributed by atoms with Gasteiger partial charge >= 0.3 is 170 Å². The molecule has 0 amide bonds. The molecule has 28 heavy (non-hydrogen) atoms. The normalized spacial score (nSPS) is 19.8. The maximum Gasteiger partial charge on any atom is -1.00 e. The monoisotopic (exact) mass is 486 g/mol. The van der Waals surface area contributed by atoms with Crippen LogP contribution in [0.2, 0.25) is 0 Å². The third-order valence-electron chi connectivity index (χ3n) is 6.43. The third kappa shape index (κ3) is 3.23. The van der Waals surface area contributed by atoms with Gasteiger partial charge in [-0.15, -0.1) is 0 Å². The summed E-state index contributed by atoms with van der Waals surface area (Å²) in [7, 11) is 0. The number of hydrogen-bond acceptors (Lipinski definition) is 0. The summed E-state index contributed by atoms with van der Waals surface area (Å²) < 4.78 is 2.59. The molecule has 2 bridgehead atoms. The van der Waals surface area contributed by atoms with Crippen molar-refractivity contribution in [2.24, 2.45) is 11.3 Å². The molecular weight excluding hydrogens is 462 g/mol. The Hall–Kier alpha value is -0.617. The molecule has 0 heterocycles. The second-order valence-corrected chi connectivity index (χ2v) is 12.5. The number of fused-ring (bicyclic) bond motifs is 4. The first kappa shape index (κ1) is 22.1. The summed E-state index contributed by atoms with van der Waals surface area (Å²) in [6, 6.07) is 18.3. The van der Waals surface area contributed by atoms with Gasteiger partial charge in [-0.1, -0.05) is 0 Å². The first-order chi connectivity index (χ1) is 12.5. The van der Waals surface area contributed by atoms with Crippen LogP contribution in [0, 0.1) is 11.3 Å². The number of allylic oxidation sites excluding steroid dienone is 4. The molecule has 1 atom stereocenters. The molecule has 5 rings (SSSR count). The Balaban J connectivity index is 0.00000112. The van der Waals surface area contributed by atoms with E-state index in [1.165, 1.54) is 24.0 Å². The molecule has 0 radical (unpaired) electrons. The van der Waals surface area contributed by atoms with Crippen LogP contribution in [0.3, 0.4) is 0 Å². The van der Waals surface area contributed by atoms with E-state index >= 15 is 0 Å². The molecule has 2 aromatic rings. The van der Waals surface area contributed by atoms with Gasteiger partial charge in [0.15, 0.2) is 0 Å². The van der Waals surface area contributed by atoms with Crippen LogP contribution in [-0.2, 0) is 23.2 Å². The minimum Gasteiger partial charge on any atom is -1.00 e. The van der Waals surface area contributed by atoms with Crippen molar-refractivity contribution in [3.63, 3.8) is 0 Å². The van der Waals surface area contributed by atoms with Gasteiger partial charge in [0.05, 0.1) is 0 Å². The fourth-order valence-electron chi connectivity index (χ4n) is 5.45. The van der Waals surface area contributed by atoms with Crippen molar-refractivity contribution in [3.05, 3.63) is 79.7 Å². The fourth-order valence-corrected chi connectivity index (χ4v) is 10.3. The zero-order valence-electron chi connectivity index (χ0n) is 16.9. The molecular formula is C25H26Cl2Zr. The van der Waals surface area contributed by atoms with Gasteiger partial charge < -0.3 is 24.8 Å². The van der Waals surface area contributed by atoms with Crippen molar-refractivity contribution < 1.29 is 48.0 Å². The molecule has 0 saturated heterocycles. The van der Waals surface area contributed by atoms with Crippen molar-refractivity contribution in [1.82, 2.24) is 0 Å². The van der Waals surface area contributed by atoms with E-state index in [4.69, 9.17) is 0 Å². The van der Waals surface area contributed by atoms with E-state index in [1.807, 2.05) is 3.28 Å². The molecule has 0 spiro atoms. The first-order valence-corrected chi connectivity index (χ1v) is 12.5. The molecule has 2 aromatic carbocycles. The van der Waals surface area contributed by atoms with Crippen molar-refractivity contribution in [3.8, 4) is 11.1 Å². The Morgan fingerprint density at radius 2 is 1.36 bits per heavy atom. The maximum atomic E-state index is 2.50. The van der Waals surface area contributed by atoms with Gasteiger partial charge in [0.2, 0.25) is 0 Å². The molecule has 0 fully saturated rings. The smallest absolute Gasteiger partial charge is 1.00 e. The van der Waals surface area contributed by atoms with E-state index in [1.54, 1.807) is 27.8 Å². The molecule has 1 unspecified atom stereocenters. The average molecular weight is 489 g/mol. The fraction of sp³-hybridized carbons (Fsp3) is 0.360. The second-order valence-electron chi connectivity index (χ2n) is 9.02. The van der Waals surface area contributed by atoms with E-state index < -0.39 is 23.2 Å². The standard InChI is InChI=1S/C13H9.C12H17.2ClH.Zr/c1-3-7-12-10(5-1)9-11-6-2-4-8-13(11)12;1-8-7-9-5-6-10(8)11(9)12(2,3)4;;;/h1-9H;8H,5-6H2,1-4H3;2*1H;/q;;;;+2/p-2. The number of benzene rings is 2. The average Bonchev–Trinajstić information content (AvgIpc) is 3.26. The van der Waals surface area contributed by atoms with Crippen molar-refractivity contribution in [2.75, 3.05) is 0 Å². The van der Waals surface area contributed by atoms with Gasteiger partial charge in [-0.05, 0) is 0 Å². The Morgan fingerprint density at radius 1 is 0.821 bits per heavy atom. The zero-order chi connectivity index (χ0) is 18.1. The minimum absolute atomic E-state index is 0. The molecule has 0 aromatic heterocycles. The van der Waals surface area contributed by atoms with Crippen LogP contribution in [0.5, 0.6) is 0 Å². The molecule has 3 aliphatic rings. The van der Waals surface area contributed by atoms with Gasteiger partial charge in [0.25, 0.3) is 0 Å². The predicted octanol–water partition coefficient (Wildman–Crippen LogP) is 0.887. The van der Waals surface area contributed by atoms with Gasteiger partial charge in [-0.25, -0.2) is 0 Å². The third-order valence-corrected chi connectivity index (χ3v) is 11.2. The summed E-state index contributed by atoms with van der Waals surface area (Å²) in [6.07, 6.45) is 2.64. The van der Waals surface area contributed by atoms with Crippen LogP contribution in [0.1, 0.15) is 55.3 Å². The van der Waals surface area contributed by atoms with Gasteiger partial charge in [0.1, 0.15) is 0 Å². The first-order valence-electron chi connectivity index (χ1n) is 9.88. The second kappa shape index (κ2) is 7.90. The zero-order valence-corrected chi connectivity index (χ0v) is 20.9. The summed E-state index contributed by atoms with van der Waals surface area (Å²) in [5.41, 5.74) is 11.8. The molecule has 0 N–H and O–H groups in total. The summed E-state index contributed by atoms with van der Waals surface area (Å²) in [4.78, 5) is 0. The van der Waals surface area contributed by atoms with E-state index in [0.717, 1.165) is 5.92 Å². The van der Waals surface area contributed by atoms with Gasteiger partial charge in [-0.2, -0.15) is 0 Å². The maximum absolute atomic E-state index is 2.50. The summed E-state index contributed by atoms with van der Waals surface area (Å²) in [6.45, 7) is 9.73. The SMILES string of the molecule is CC1C2=C(C(C)(C)C)C(=[C]1[Zr+2][CH]1c3ccccc3-c3ccccc31)CC2.[Cl-].[Cl-]. The Kier molecular flexibility index (Phi) is 6.23. The number of halogens is 2. The van der Waals surface area contributed by atoms with Crippen LogP contribution < -0.4 is 24.8 Å². The molecule has 0 saturated carbocycles. The van der Waals surface area contributed by atoms with E-state index in [0.29, 0.717) is 9.04 Å². The van der Waals surface area contributed by atoms with Gasteiger partial charge in [-0.3, -0.25) is 0 Å². The largest absolute Gasteiger partial charge is 1.00 e. The van der Waals surface area contributed by atoms with Crippen LogP contribution in [0.15, 0.2) is 68.5 Å². The number of rotatable bonds is 2. The van der Waals surface area contributed by atoms with E-state index in [9.17, 15) is 0 Å². The Morgan fingerprint density at radius 3 is 1.86 bits per heavy atom. The van der Waals surface area contributed by atoms with Crippen LogP contribution >= 0.6 is 0 Å². The number of hydrogen-bond donors (Lipinski definition) is 0.